The van der Waals surface area contributed by atoms with Crippen LogP contribution in [-0.4, -0.2) is 10.1 Å². The number of nitrogen functional groups attached to an aromatic ring is 1. The van der Waals surface area contributed by atoms with Gasteiger partial charge in [-0.05, 0) is 12.1 Å². The molecule has 0 fully saturated rings. The number of anilines is 1. The number of benzene rings is 1. The Labute approximate surface area is 69.0 Å². The molecule has 60 valence electrons. The maximum absolute atomic E-state index is 5.68. The molecule has 0 saturated carbocycles. The van der Waals surface area contributed by atoms with Gasteiger partial charge < -0.3 is 10.3 Å². The van der Waals surface area contributed by atoms with E-state index in [0.29, 0.717) is 11.6 Å². The molecule has 0 atom stereocenters. The average Bonchev–Trinajstić information content (AvgIpc) is 2.57. The largest absolute Gasteiger partial charge is 0.398 e. The summed E-state index contributed by atoms with van der Waals surface area (Å²) in [5.41, 5.74) is 7.10. The highest BCUT2D eigenvalue weighted by Crippen LogP contribution is 2.22. The second-order valence-corrected chi connectivity index (χ2v) is 2.33. The highest BCUT2D eigenvalue weighted by Gasteiger charge is 2.05. The second kappa shape index (κ2) is 2.65. The second-order valence-electron chi connectivity index (χ2n) is 2.33. The van der Waals surface area contributed by atoms with Gasteiger partial charge in [-0.15, -0.1) is 0 Å². The lowest BCUT2D eigenvalue weighted by atomic mass is 10.2. The molecule has 0 aliphatic heterocycles. The first kappa shape index (κ1) is 6.84. The Bertz CT molecular complexity index is 370. The summed E-state index contributed by atoms with van der Waals surface area (Å²) in [7, 11) is 0. The zero-order chi connectivity index (χ0) is 8.39. The molecular formula is C8H7N3O. The third kappa shape index (κ3) is 1.03. The Balaban J connectivity index is 2.55. The molecule has 1 aromatic carbocycles. The van der Waals surface area contributed by atoms with Crippen LogP contribution in [0.15, 0.2) is 35.1 Å². The van der Waals surface area contributed by atoms with Crippen LogP contribution in [-0.2, 0) is 0 Å². The Hall–Kier alpha value is -1.84. The fourth-order valence-electron chi connectivity index (χ4n) is 0.984. The van der Waals surface area contributed by atoms with Crippen LogP contribution in [0.25, 0.3) is 11.5 Å². The van der Waals surface area contributed by atoms with Gasteiger partial charge >= 0.3 is 0 Å². The van der Waals surface area contributed by atoms with Gasteiger partial charge in [0.2, 0.25) is 0 Å². The molecule has 2 aromatic rings. The molecule has 1 aromatic heterocycles. The van der Waals surface area contributed by atoms with E-state index in [4.69, 9.17) is 10.3 Å². The summed E-state index contributed by atoms with van der Waals surface area (Å²) in [6.07, 6.45) is 1.35. The normalized spacial score (nSPS) is 10.0. The predicted molar refractivity (Wildman–Crippen MR) is 44.1 cm³/mol. The van der Waals surface area contributed by atoms with E-state index in [9.17, 15) is 0 Å². The average molecular weight is 161 g/mol. The lowest BCUT2D eigenvalue weighted by Gasteiger charge is -1.97. The number of rotatable bonds is 1. The van der Waals surface area contributed by atoms with Crippen molar-refractivity contribution in [3.8, 4) is 11.5 Å². The van der Waals surface area contributed by atoms with Crippen LogP contribution < -0.4 is 5.73 Å². The summed E-state index contributed by atoms with van der Waals surface area (Å²) in [5, 5.41) is 3.50. The summed E-state index contributed by atoms with van der Waals surface area (Å²) >= 11 is 0. The van der Waals surface area contributed by atoms with Crippen molar-refractivity contribution in [2.45, 2.75) is 0 Å². The van der Waals surface area contributed by atoms with Gasteiger partial charge in [-0.2, -0.15) is 4.98 Å². The molecular weight excluding hydrogens is 154 g/mol. The van der Waals surface area contributed by atoms with Crippen molar-refractivity contribution in [2.24, 2.45) is 0 Å². The van der Waals surface area contributed by atoms with E-state index in [1.54, 1.807) is 6.07 Å². The monoisotopic (exact) mass is 161 g/mol. The molecule has 1 heterocycles. The Kier molecular flexibility index (Phi) is 1.51. The minimum atomic E-state index is 0.452. The highest BCUT2D eigenvalue weighted by molar-refractivity contribution is 5.69. The Morgan fingerprint density at radius 1 is 1.25 bits per heavy atom. The highest BCUT2D eigenvalue weighted by atomic mass is 16.5. The predicted octanol–water partition coefficient (Wildman–Crippen LogP) is 1.32. The van der Waals surface area contributed by atoms with Crippen LogP contribution in [0.1, 0.15) is 0 Å². The van der Waals surface area contributed by atoms with E-state index in [0.717, 1.165) is 5.56 Å². The van der Waals surface area contributed by atoms with E-state index >= 15 is 0 Å². The molecule has 4 nitrogen and oxygen atoms in total. The molecule has 2 N–H and O–H groups in total. The first-order chi connectivity index (χ1) is 5.88. The van der Waals surface area contributed by atoms with Crippen LogP contribution in [0.3, 0.4) is 0 Å². The summed E-state index contributed by atoms with van der Waals surface area (Å²) in [4.78, 5) is 3.89. The molecule has 0 radical (unpaired) electrons. The number of hydrogen-bond acceptors (Lipinski definition) is 4. The Morgan fingerprint density at radius 2 is 2.08 bits per heavy atom. The van der Waals surface area contributed by atoms with E-state index in [1.807, 2.05) is 18.2 Å². The van der Waals surface area contributed by atoms with Crippen LogP contribution in [0, 0.1) is 0 Å². The van der Waals surface area contributed by atoms with E-state index in [-0.39, 0.29) is 0 Å². The first-order valence-electron chi connectivity index (χ1n) is 3.49. The van der Waals surface area contributed by atoms with Gasteiger partial charge in [0.05, 0.1) is 5.56 Å². The lowest BCUT2D eigenvalue weighted by Crippen LogP contribution is -1.88. The zero-order valence-corrected chi connectivity index (χ0v) is 6.27. The van der Waals surface area contributed by atoms with Crippen LogP contribution in [0.4, 0.5) is 5.69 Å². The van der Waals surface area contributed by atoms with Gasteiger partial charge in [-0.1, -0.05) is 17.3 Å². The number of nitrogens with zero attached hydrogens (tertiary/aromatic N) is 2. The fourth-order valence-corrected chi connectivity index (χ4v) is 0.984. The van der Waals surface area contributed by atoms with Crippen molar-refractivity contribution < 1.29 is 4.52 Å². The quantitative estimate of drug-likeness (QED) is 0.640. The number of para-hydroxylation sites is 1. The Morgan fingerprint density at radius 3 is 2.75 bits per heavy atom. The van der Waals surface area contributed by atoms with Crippen molar-refractivity contribution in [3.05, 3.63) is 30.6 Å². The third-order valence-corrected chi connectivity index (χ3v) is 1.55. The summed E-state index contributed by atoms with van der Waals surface area (Å²) < 4.78 is 4.86. The molecule has 0 aliphatic carbocycles. The minimum absolute atomic E-state index is 0.452. The minimum Gasteiger partial charge on any atom is -0.398 e. The molecule has 12 heavy (non-hydrogen) atoms. The van der Waals surface area contributed by atoms with Crippen molar-refractivity contribution in [1.82, 2.24) is 10.1 Å². The topological polar surface area (TPSA) is 64.9 Å². The summed E-state index contributed by atoms with van der Waals surface area (Å²) in [6, 6.07) is 7.35. The van der Waals surface area contributed by atoms with Gasteiger partial charge in [0.1, 0.15) is 0 Å². The lowest BCUT2D eigenvalue weighted by molar-refractivity contribution is 0.430. The SMILES string of the molecule is Nc1ccccc1-c1ncno1. The molecule has 4 heteroatoms. The van der Waals surface area contributed by atoms with Crippen LogP contribution >= 0.6 is 0 Å². The van der Waals surface area contributed by atoms with Gasteiger partial charge in [0, 0.05) is 5.69 Å². The molecule has 0 amide bonds. The maximum Gasteiger partial charge on any atom is 0.259 e. The standard InChI is InChI=1S/C8H7N3O/c9-7-4-2-1-3-6(7)8-10-5-11-12-8/h1-5H,9H2. The molecule has 2 rings (SSSR count). The van der Waals surface area contributed by atoms with E-state index in [1.165, 1.54) is 6.33 Å². The van der Waals surface area contributed by atoms with E-state index < -0.39 is 0 Å². The summed E-state index contributed by atoms with van der Waals surface area (Å²) in [5.74, 6) is 0.452. The molecule has 0 aliphatic rings. The van der Waals surface area contributed by atoms with Crippen molar-refractivity contribution in [3.63, 3.8) is 0 Å². The first-order valence-corrected chi connectivity index (χ1v) is 3.49. The molecule has 0 spiro atoms. The van der Waals surface area contributed by atoms with Crippen LogP contribution in [0.2, 0.25) is 0 Å². The third-order valence-electron chi connectivity index (χ3n) is 1.55. The molecule has 0 saturated heterocycles. The molecule has 0 unspecified atom stereocenters. The zero-order valence-electron chi connectivity index (χ0n) is 6.27. The van der Waals surface area contributed by atoms with Gasteiger partial charge in [-0.25, -0.2) is 0 Å². The number of hydrogen-bond donors (Lipinski definition) is 1. The molecule has 0 bridgehead atoms. The van der Waals surface area contributed by atoms with Crippen LogP contribution in [0.5, 0.6) is 0 Å². The van der Waals surface area contributed by atoms with Gasteiger partial charge in [-0.3, -0.25) is 0 Å². The fraction of sp³-hybridized carbons (Fsp3) is 0. The van der Waals surface area contributed by atoms with Crippen molar-refractivity contribution >= 4 is 5.69 Å². The number of aromatic nitrogens is 2. The maximum atomic E-state index is 5.68. The van der Waals surface area contributed by atoms with Gasteiger partial charge in [0.15, 0.2) is 6.33 Å². The van der Waals surface area contributed by atoms with Gasteiger partial charge in [0.25, 0.3) is 5.89 Å². The summed E-state index contributed by atoms with van der Waals surface area (Å²) in [6.45, 7) is 0. The number of nitrogens with two attached hydrogens (primary N) is 1. The van der Waals surface area contributed by atoms with Crippen molar-refractivity contribution in [2.75, 3.05) is 5.73 Å². The smallest absolute Gasteiger partial charge is 0.259 e. The van der Waals surface area contributed by atoms with E-state index in [2.05, 4.69) is 10.1 Å². The van der Waals surface area contributed by atoms with Crippen molar-refractivity contribution in [1.29, 1.82) is 0 Å².